The second-order valence-electron chi connectivity index (χ2n) is 4.02. The molecule has 2 aromatic carbocycles. The Morgan fingerprint density at radius 3 is 2.42 bits per heavy atom. The van der Waals surface area contributed by atoms with Crippen LogP contribution in [-0.4, -0.2) is 19.8 Å². The highest BCUT2D eigenvalue weighted by atomic mass is 16.5. The molecule has 0 bridgehead atoms. The largest absolute Gasteiger partial charge is 0.492 e. The molecular weight excluding hydrogens is 238 g/mol. The number of rotatable bonds is 7. The van der Waals surface area contributed by atoms with Crippen LogP contribution in [0.3, 0.4) is 0 Å². The molecular formula is C16H19NO2. The molecule has 2 aromatic rings. The van der Waals surface area contributed by atoms with Crippen LogP contribution in [0, 0.1) is 0 Å². The Morgan fingerprint density at radius 2 is 1.63 bits per heavy atom. The Hall–Kier alpha value is -2.16. The van der Waals surface area contributed by atoms with Crippen LogP contribution < -0.4 is 14.8 Å². The van der Waals surface area contributed by atoms with Gasteiger partial charge in [0.1, 0.15) is 18.1 Å². The van der Waals surface area contributed by atoms with Crippen LogP contribution in [0.25, 0.3) is 0 Å². The first-order valence-corrected chi connectivity index (χ1v) is 6.53. The van der Waals surface area contributed by atoms with E-state index in [-0.39, 0.29) is 0 Å². The van der Waals surface area contributed by atoms with Crippen LogP contribution in [0.2, 0.25) is 0 Å². The molecule has 0 saturated carbocycles. The van der Waals surface area contributed by atoms with Gasteiger partial charge in [-0.2, -0.15) is 0 Å². The molecule has 0 aromatic heterocycles. The van der Waals surface area contributed by atoms with E-state index < -0.39 is 0 Å². The van der Waals surface area contributed by atoms with Crippen molar-refractivity contribution in [1.82, 2.24) is 0 Å². The van der Waals surface area contributed by atoms with Crippen LogP contribution in [-0.2, 0) is 0 Å². The van der Waals surface area contributed by atoms with Gasteiger partial charge in [-0.15, -0.1) is 0 Å². The highest BCUT2D eigenvalue weighted by molar-refractivity contribution is 5.56. The molecule has 2 rings (SSSR count). The van der Waals surface area contributed by atoms with Crippen molar-refractivity contribution in [3.8, 4) is 11.5 Å². The van der Waals surface area contributed by atoms with Crippen molar-refractivity contribution in [3.63, 3.8) is 0 Å². The summed E-state index contributed by atoms with van der Waals surface area (Å²) in [5.74, 6) is 1.77. The van der Waals surface area contributed by atoms with E-state index in [0.29, 0.717) is 13.2 Å². The van der Waals surface area contributed by atoms with Gasteiger partial charge in [0.05, 0.1) is 12.3 Å². The van der Waals surface area contributed by atoms with Crippen LogP contribution in [0.4, 0.5) is 5.69 Å². The van der Waals surface area contributed by atoms with Gasteiger partial charge < -0.3 is 14.8 Å². The van der Waals surface area contributed by atoms with Crippen molar-refractivity contribution in [3.05, 3.63) is 54.6 Å². The molecule has 100 valence electrons. The van der Waals surface area contributed by atoms with E-state index in [0.717, 1.165) is 23.7 Å². The Bertz CT molecular complexity index is 485. The predicted molar refractivity (Wildman–Crippen MR) is 78.0 cm³/mol. The van der Waals surface area contributed by atoms with Crippen LogP contribution in [0.15, 0.2) is 54.6 Å². The van der Waals surface area contributed by atoms with E-state index in [9.17, 15) is 0 Å². The minimum atomic E-state index is 0.616. The minimum Gasteiger partial charge on any atom is -0.492 e. The van der Waals surface area contributed by atoms with Crippen molar-refractivity contribution < 1.29 is 9.47 Å². The van der Waals surface area contributed by atoms with Crippen molar-refractivity contribution in [2.24, 2.45) is 0 Å². The maximum absolute atomic E-state index is 5.62. The second-order valence-corrected chi connectivity index (χ2v) is 4.02. The number of nitrogens with one attached hydrogen (secondary N) is 1. The molecule has 0 unspecified atom stereocenters. The molecule has 1 N–H and O–H groups in total. The summed E-state index contributed by atoms with van der Waals surface area (Å²) in [6, 6.07) is 17.7. The summed E-state index contributed by atoms with van der Waals surface area (Å²) in [4.78, 5) is 0. The fourth-order valence-corrected chi connectivity index (χ4v) is 1.77. The van der Waals surface area contributed by atoms with E-state index in [4.69, 9.17) is 9.47 Å². The number of para-hydroxylation sites is 3. The van der Waals surface area contributed by atoms with Gasteiger partial charge in [0.15, 0.2) is 0 Å². The molecule has 0 aliphatic carbocycles. The lowest BCUT2D eigenvalue weighted by molar-refractivity contribution is 0.330. The third-order valence-corrected chi connectivity index (χ3v) is 2.62. The fraction of sp³-hybridized carbons (Fsp3) is 0.250. The molecule has 0 atom stereocenters. The zero-order chi connectivity index (χ0) is 13.3. The van der Waals surface area contributed by atoms with Gasteiger partial charge in [0, 0.05) is 6.54 Å². The lowest BCUT2D eigenvalue weighted by Crippen LogP contribution is -2.12. The topological polar surface area (TPSA) is 30.5 Å². The second kappa shape index (κ2) is 7.31. The molecule has 0 aliphatic heterocycles. The molecule has 3 nitrogen and oxygen atoms in total. The van der Waals surface area contributed by atoms with Gasteiger partial charge in [-0.25, -0.2) is 0 Å². The van der Waals surface area contributed by atoms with Crippen molar-refractivity contribution >= 4 is 5.69 Å². The zero-order valence-corrected chi connectivity index (χ0v) is 11.1. The van der Waals surface area contributed by atoms with Gasteiger partial charge in [-0.3, -0.25) is 0 Å². The molecule has 19 heavy (non-hydrogen) atoms. The number of ether oxygens (including phenoxy) is 2. The highest BCUT2D eigenvalue weighted by Gasteiger charge is 2.00. The molecule has 0 spiro atoms. The van der Waals surface area contributed by atoms with Crippen LogP contribution in [0.5, 0.6) is 11.5 Å². The van der Waals surface area contributed by atoms with Gasteiger partial charge in [0.25, 0.3) is 0 Å². The summed E-state index contributed by atoms with van der Waals surface area (Å²) in [7, 11) is 0. The number of hydrogen-bond acceptors (Lipinski definition) is 3. The van der Waals surface area contributed by atoms with E-state index in [1.54, 1.807) is 0 Å². The van der Waals surface area contributed by atoms with Gasteiger partial charge in [0.2, 0.25) is 0 Å². The predicted octanol–water partition coefficient (Wildman–Crippen LogP) is 3.58. The summed E-state index contributed by atoms with van der Waals surface area (Å²) in [6.45, 7) is 4.00. The molecule has 0 aliphatic rings. The summed E-state index contributed by atoms with van der Waals surface area (Å²) in [5, 5.41) is 3.32. The maximum Gasteiger partial charge on any atom is 0.142 e. The number of anilines is 1. The Morgan fingerprint density at radius 1 is 0.895 bits per heavy atom. The molecule has 0 saturated heterocycles. The van der Waals surface area contributed by atoms with Crippen molar-refractivity contribution in [1.29, 1.82) is 0 Å². The molecule has 0 amide bonds. The third kappa shape index (κ3) is 4.21. The quantitative estimate of drug-likeness (QED) is 0.769. The molecule has 0 fully saturated rings. The zero-order valence-electron chi connectivity index (χ0n) is 11.1. The lowest BCUT2D eigenvalue weighted by Gasteiger charge is -2.12. The molecule has 3 heteroatoms. The molecule has 0 heterocycles. The van der Waals surface area contributed by atoms with Crippen LogP contribution in [0.1, 0.15) is 6.92 Å². The highest BCUT2D eigenvalue weighted by Crippen LogP contribution is 2.23. The average molecular weight is 257 g/mol. The Balaban J connectivity index is 1.79. The molecule has 0 radical (unpaired) electrons. The Kier molecular flexibility index (Phi) is 5.11. The standard InChI is InChI=1S/C16H19NO2/c1-2-18-16-11-7-6-10-15(16)17-12-13-19-14-8-4-3-5-9-14/h3-11,17H,2,12-13H2,1H3. The van der Waals surface area contributed by atoms with E-state index >= 15 is 0 Å². The SMILES string of the molecule is CCOc1ccccc1NCCOc1ccccc1. The fourth-order valence-electron chi connectivity index (χ4n) is 1.77. The summed E-state index contributed by atoms with van der Waals surface area (Å²) >= 11 is 0. The van der Waals surface area contributed by atoms with Crippen molar-refractivity contribution in [2.75, 3.05) is 25.1 Å². The monoisotopic (exact) mass is 257 g/mol. The number of benzene rings is 2. The van der Waals surface area contributed by atoms with E-state index in [1.807, 2.05) is 61.5 Å². The van der Waals surface area contributed by atoms with Crippen molar-refractivity contribution in [2.45, 2.75) is 6.92 Å². The first-order chi connectivity index (χ1) is 9.40. The van der Waals surface area contributed by atoms with Gasteiger partial charge >= 0.3 is 0 Å². The smallest absolute Gasteiger partial charge is 0.142 e. The normalized spacial score (nSPS) is 9.95. The van der Waals surface area contributed by atoms with Gasteiger partial charge in [-0.1, -0.05) is 30.3 Å². The Labute approximate surface area is 114 Å². The number of hydrogen-bond donors (Lipinski definition) is 1. The van der Waals surface area contributed by atoms with Gasteiger partial charge in [-0.05, 0) is 31.2 Å². The van der Waals surface area contributed by atoms with E-state index in [2.05, 4.69) is 5.32 Å². The first-order valence-electron chi connectivity index (χ1n) is 6.53. The summed E-state index contributed by atoms with van der Waals surface area (Å²) < 4.78 is 11.2. The maximum atomic E-state index is 5.62. The summed E-state index contributed by atoms with van der Waals surface area (Å²) in [6.07, 6.45) is 0. The summed E-state index contributed by atoms with van der Waals surface area (Å²) in [5.41, 5.74) is 1.00. The minimum absolute atomic E-state index is 0.616. The van der Waals surface area contributed by atoms with E-state index in [1.165, 1.54) is 0 Å². The first kappa shape index (κ1) is 13.3. The lowest BCUT2D eigenvalue weighted by atomic mass is 10.3. The third-order valence-electron chi connectivity index (χ3n) is 2.62. The van der Waals surface area contributed by atoms with Crippen LogP contribution >= 0.6 is 0 Å². The average Bonchev–Trinajstić information content (AvgIpc) is 2.47.